The second-order valence-electron chi connectivity index (χ2n) is 3.97. The first-order chi connectivity index (χ1) is 7.81. The van der Waals surface area contributed by atoms with Crippen molar-refractivity contribution >= 4 is 5.82 Å². The molecule has 0 amide bonds. The van der Waals surface area contributed by atoms with Gasteiger partial charge < -0.3 is 9.64 Å². The molecule has 0 aliphatic carbocycles. The van der Waals surface area contributed by atoms with Crippen molar-refractivity contribution in [1.82, 2.24) is 4.98 Å². The fourth-order valence-corrected chi connectivity index (χ4v) is 1.94. The number of anilines is 1. The van der Waals surface area contributed by atoms with E-state index in [0.717, 1.165) is 31.9 Å². The Morgan fingerprint density at radius 3 is 2.94 bits per heavy atom. The first-order valence-electron chi connectivity index (χ1n) is 5.48. The Balaban J connectivity index is 2.13. The third kappa shape index (κ3) is 2.31. The summed E-state index contributed by atoms with van der Waals surface area (Å²) in [5.41, 5.74) is 0.656. The summed E-state index contributed by atoms with van der Waals surface area (Å²) < 4.78 is 5.33. The average molecular weight is 217 g/mol. The van der Waals surface area contributed by atoms with Gasteiger partial charge in [0.15, 0.2) is 0 Å². The van der Waals surface area contributed by atoms with E-state index in [1.54, 1.807) is 12.3 Å². The Hall–Kier alpha value is -1.60. The molecule has 2 heterocycles. The maximum Gasteiger partial charge on any atom is 0.129 e. The minimum atomic E-state index is 0.468. The normalized spacial score (nSPS) is 16.8. The second-order valence-corrected chi connectivity index (χ2v) is 3.97. The molecule has 1 aromatic heterocycles. The molecule has 0 N–H and O–H groups in total. The molecule has 0 aromatic carbocycles. The molecular formula is C12H15N3O. The van der Waals surface area contributed by atoms with Gasteiger partial charge in [0.1, 0.15) is 5.82 Å². The molecule has 1 saturated heterocycles. The molecule has 1 fully saturated rings. The van der Waals surface area contributed by atoms with Gasteiger partial charge in [-0.25, -0.2) is 4.98 Å². The maximum atomic E-state index is 8.84. The summed E-state index contributed by atoms with van der Waals surface area (Å²) in [7, 11) is 2.03. The van der Waals surface area contributed by atoms with Gasteiger partial charge in [0, 0.05) is 32.5 Å². The van der Waals surface area contributed by atoms with Crippen LogP contribution in [0.4, 0.5) is 5.82 Å². The summed E-state index contributed by atoms with van der Waals surface area (Å²) in [6, 6.07) is 6.15. The van der Waals surface area contributed by atoms with Crippen molar-refractivity contribution in [2.75, 3.05) is 25.2 Å². The summed E-state index contributed by atoms with van der Waals surface area (Å²) in [5.74, 6) is 0.867. The van der Waals surface area contributed by atoms with E-state index in [1.807, 2.05) is 13.1 Å². The van der Waals surface area contributed by atoms with E-state index in [0.29, 0.717) is 11.6 Å². The molecule has 1 aliphatic rings. The quantitative estimate of drug-likeness (QED) is 0.754. The number of hydrogen-bond donors (Lipinski definition) is 0. The Kier molecular flexibility index (Phi) is 3.37. The number of nitriles is 1. The van der Waals surface area contributed by atoms with Gasteiger partial charge in [-0.3, -0.25) is 0 Å². The van der Waals surface area contributed by atoms with Crippen LogP contribution >= 0.6 is 0 Å². The summed E-state index contributed by atoms with van der Waals surface area (Å²) in [6.07, 6.45) is 3.73. The lowest BCUT2D eigenvalue weighted by Gasteiger charge is -2.32. The predicted molar refractivity (Wildman–Crippen MR) is 61.2 cm³/mol. The van der Waals surface area contributed by atoms with Crippen molar-refractivity contribution in [2.24, 2.45) is 0 Å². The lowest BCUT2D eigenvalue weighted by molar-refractivity contribution is 0.0853. The van der Waals surface area contributed by atoms with Crippen molar-refractivity contribution in [3.63, 3.8) is 0 Å². The largest absolute Gasteiger partial charge is 0.381 e. The molecule has 84 valence electrons. The summed E-state index contributed by atoms with van der Waals surface area (Å²) >= 11 is 0. The van der Waals surface area contributed by atoms with Crippen molar-refractivity contribution in [3.8, 4) is 6.07 Å². The van der Waals surface area contributed by atoms with Gasteiger partial charge >= 0.3 is 0 Å². The molecule has 1 aromatic rings. The number of rotatable bonds is 2. The summed E-state index contributed by atoms with van der Waals surface area (Å²) in [5, 5.41) is 8.84. The molecule has 0 radical (unpaired) electrons. The van der Waals surface area contributed by atoms with Crippen molar-refractivity contribution in [3.05, 3.63) is 23.9 Å². The monoisotopic (exact) mass is 217 g/mol. The Labute approximate surface area is 95.5 Å². The van der Waals surface area contributed by atoms with E-state index in [1.165, 1.54) is 0 Å². The Morgan fingerprint density at radius 2 is 2.25 bits per heavy atom. The second kappa shape index (κ2) is 4.95. The van der Waals surface area contributed by atoms with Gasteiger partial charge in [-0.2, -0.15) is 5.26 Å². The van der Waals surface area contributed by atoms with Gasteiger partial charge in [-0.1, -0.05) is 0 Å². The molecule has 1 aliphatic heterocycles. The highest BCUT2D eigenvalue weighted by Gasteiger charge is 2.19. The van der Waals surface area contributed by atoms with E-state index in [-0.39, 0.29) is 0 Å². The molecule has 0 spiro atoms. The SMILES string of the molecule is CN(c1cc(C#N)ccn1)C1CCOCC1. The van der Waals surface area contributed by atoms with Crippen LogP contribution in [0.25, 0.3) is 0 Å². The lowest BCUT2D eigenvalue weighted by atomic mass is 10.1. The van der Waals surface area contributed by atoms with Gasteiger partial charge in [-0.15, -0.1) is 0 Å². The van der Waals surface area contributed by atoms with Crippen LogP contribution in [0.15, 0.2) is 18.3 Å². The highest BCUT2D eigenvalue weighted by molar-refractivity contribution is 5.45. The highest BCUT2D eigenvalue weighted by atomic mass is 16.5. The van der Waals surface area contributed by atoms with Crippen LogP contribution in [0, 0.1) is 11.3 Å². The summed E-state index contributed by atoms with van der Waals surface area (Å²) in [6.45, 7) is 1.62. The number of hydrogen-bond acceptors (Lipinski definition) is 4. The van der Waals surface area contributed by atoms with Crippen LogP contribution in [-0.2, 0) is 4.74 Å². The topological polar surface area (TPSA) is 49.2 Å². The molecule has 0 saturated carbocycles. The van der Waals surface area contributed by atoms with Gasteiger partial charge in [0.05, 0.1) is 11.6 Å². The van der Waals surface area contributed by atoms with Crippen LogP contribution in [-0.4, -0.2) is 31.3 Å². The molecule has 0 atom stereocenters. The van der Waals surface area contributed by atoms with Crippen LogP contribution < -0.4 is 4.90 Å². The smallest absolute Gasteiger partial charge is 0.129 e. The van der Waals surface area contributed by atoms with Crippen molar-refractivity contribution in [1.29, 1.82) is 5.26 Å². The van der Waals surface area contributed by atoms with Crippen LogP contribution in [0.2, 0.25) is 0 Å². The van der Waals surface area contributed by atoms with E-state index < -0.39 is 0 Å². The maximum absolute atomic E-state index is 8.84. The van der Waals surface area contributed by atoms with E-state index in [9.17, 15) is 0 Å². The summed E-state index contributed by atoms with van der Waals surface area (Å²) in [4.78, 5) is 6.44. The van der Waals surface area contributed by atoms with Gasteiger partial charge in [0.25, 0.3) is 0 Å². The zero-order valence-corrected chi connectivity index (χ0v) is 9.39. The molecule has 2 rings (SSSR count). The fraction of sp³-hybridized carbons (Fsp3) is 0.500. The predicted octanol–water partition coefficient (Wildman–Crippen LogP) is 1.57. The minimum Gasteiger partial charge on any atom is -0.381 e. The molecule has 16 heavy (non-hydrogen) atoms. The van der Waals surface area contributed by atoms with E-state index in [4.69, 9.17) is 10.00 Å². The first kappa shape index (κ1) is 10.9. The molecular weight excluding hydrogens is 202 g/mol. The van der Waals surface area contributed by atoms with Crippen LogP contribution in [0.5, 0.6) is 0 Å². The molecule has 4 nitrogen and oxygen atoms in total. The van der Waals surface area contributed by atoms with Gasteiger partial charge in [0.2, 0.25) is 0 Å². The molecule has 0 unspecified atom stereocenters. The third-order valence-electron chi connectivity index (χ3n) is 2.97. The molecule has 0 bridgehead atoms. The minimum absolute atomic E-state index is 0.468. The van der Waals surface area contributed by atoms with Crippen LogP contribution in [0.3, 0.4) is 0 Å². The Morgan fingerprint density at radius 1 is 1.50 bits per heavy atom. The van der Waals surface area contributed by atoms with E-state index in [2.05, 4.69) is 16.0 Å². The number of nitrogens with zero attached hydrogens (tertiary/aromatic N) is 3. The number of ether oxygens (including phenoxy) is 1. The zero-order valence-electron chi connectivity index (χ0n) is 9.39. The van der Waals surface area contributed by atoms with Crippen LogP contribution in [0.1, 0.15) is 18.4 Å². The zero-order chi connectivity index (χ0) is 11.4. The van der Waals surface area contributed by atoms with Crippen molar-refractivity contribution < 1.29 is 4.74 Å². The Bertz CT molecular complexity index is 393. The number of pyridine rings is 1. The highest BCUT2D eigenvalue weighted by Crippen LogP contribution is 2.19. The fourth-order valence-electron chi connectivity index (χ4n) is 1.94. The first-order valence-corrected chi connectivity index (χ1v) is 5.48. The van der Waals surface area contributed by atoms with Crippen molar-refractivity contribution in [2.45, 2.75) is 18.9 Å². The van der Waals surface area contributed by atoms with E-state index >= 15 is 0 Å². The average Bonchev–Trinajstić information content (AvgIpc) is 2.39. The third-order valence-corrected chi connectivity index (χ3v) is 2.97. The lowest BCUT2D eigenvalue weighted by Crippen LogP contribution is -2.37. The standard InChI is InChI=1S/C12H15N3O/c1-15(11-3-6-16-7-4-11)12-8-10(9-13)2-5-14-12/h2,5,8,11H,3-4,6-7H2,1H3. The molecule has 4 heteroatoms. The van der Waals surface area contributed by atoms with Gasteiger partial charge in [-0.05, 0) is 25.0 Å². The number of aromatic nitrogens is 1.